The molecule has 0 spiro atoms. The van der Waals surface area contributed by atoms with Crippen LogP contribution in [-0.2, 0) is 36.3 Å². The molecule has 0 aromatic carbocycles. The van der Waals surface area contributed by atoms with Crippen LogP contribution in [0, 0.1) is 0 Å². The van der Waals surface area contributed by atoms with Crippen molar-refractivity contribution in [2.45, 2.75) is 24.1 Å². The van der Waals surface area contributed by atoms with Crippen LogP contribution in [0.15, 0.2) is 17.1 Å². The lowest BCUT2D eigenvalue weighted by atomic mass is 9.98. The Balaban J connectivity index is 2.12. The van der Waals surface area contributed by atoms with Crippen LogP contribution >= 0.6 is 23.9 Å². The molecule has 31 heavy (non-hydrogen) atoms. The number of alkyl halides is 2. The summed E-state index contributed by atoms with van der Waals surface area (Å²) in [5.41, 5.74) is 1.65. The number of nitrogen functional groups attached to an aromatic ring is 1. The lowest BCUT2D eigenvalue weighted by Crippen LogP contribution is -2.47. The van der Waals surface area contributed by atoms with Crippen molar-refractivity contribution < 1.29 is 65.2 Å². The molecule has 2 heterocycles. The predicted molar refractivity (Wildman–Crippen MR) is 91.7 cm³/mol. The van der Waals surface area contributed by atoms with E-state index in [0.29, 0.717) is 4.57 Å². The highest BCUT2D eigenvalue weighted by atomic mass is 31.3. The molecule has 1 aliphatic rings. The van der Waals surface area contributed by atoms with E-state index in [1.807, 2.05) is 0 Å². The van der Waals surface area contributed by atoms with Gasteiger partial charge in [-0.15, -0.1) is 9.20 Å². The van der Waals surface area contributed by atoms with Gasteiger partial charge in [-0.3, -0.25) is 9.46 Å². The molecule has 3 unspecified atom stereocenters. The number of nitrogens with zero attached hydrogens (tertiary/aromatic N) is 2. The molecule has 1 fully saturated rings. The number of aromatic nitrogens is 2. The molecule has 0 bridgehead atoms. The van der Waals surface area contributed by atoms with Crippen molar-refractivity contribution >= 4 is 29.7 Å². The molecule has 2 rings (SSSR count). The Morgan fingerprint density at radius 1 is 1.39 bits per heavy atom. The highest BCUT2D eigenvalue weighted by Gasteiger charge is 2.58. The summed E-state index contributed by atoms with van der Waals surface area (Å²) in [6.07, 6.45) is -5.63. The monoisotopic (exact) mass is 516 g/mol. The summed E-state index contributed by atoms with van der Waals surface area (Å²) in [7, 11) is -14.8. The van der Waals surface area contributed by atoms with Crippen LogP contribution in [0.3, 0.4) is 0 Å². The third kappa shape index (κ3) is 6.16. The number of rotatable bonds is 10. The molecule has 1 saturated heterocycles. The van der Waals surface area contributed by atoms with E-state index in [1.165, 1.54) is 0 Å². The van der Waals surface area contributed by atoms with E-state index in [4.69, 9.17) is 25.5 Å². The van der Waals surface area contributed by atoms with Crippen molar-refractivity contribution in [2.24, 2.45) is 0 Å². The van der Waals surface area contributed by atoms with Crippen molar-refractivity contribution in [1.29, 1.82) is 0 Å². The number of anilines is 1. The molecule has 0 radical (unpaired) electrons. The zero-order chi connectivity index (χ0) is 23.6. The van der Waals surface area contributed by atoms with Gasteiger partial charge in [0.25, 0.3) is 0 Å². The molecule has 1 aromatic rings. The Bertz CT molecular complexity index is 980. The Morgan fingerprint density at radius 3 is 2.58 bits per heavy atom. The minimum atomic E-state index is -5.62. The SMILES string of the molecule is Nc1ccn([C@@H]2O[C@](CF)(CO[P+](=O)OP(=O)(O)OP(=O)(O)OO)[C@@H](O)[C@@H]2F)c(=O)n1. The van der Waals surface area contributed by atoms with E-state index in [2.05, 4.69) is 22.8 Å². The molecule has 1 aromatic heterocycles. The van der Waals surface area contributed by atoms with Gasteiger partial charge in [-0.05, 0) is 10.4 Å². The standard InChI is InChI=1S/C10H14F2N3O13P3/c11-3-10(4-24-29(19)27-31(22,23)28-30(20,21)26-18)7(16)6(12)8(25-10)15-2-1-5(13)14-9(15)17/h1-2,6-8,16H,3-4H2,(H4-,13,14,17,18,20,21,22,23)/p+1/t6-,7-,8+,10+/m0/s1. The predicted octanol–water partition coefficient (Wildman–Crippen LogP) is 0.159. The van der Waals surface area contributed by atoms with Gasteiger partial charge in [0.1, 0.15) is 25.2 Å². The second kappa shape index (κ2) is 9.70. The zero-order valence-corrected chi connectivity index (χ0v) is 17.5. The molecule has 0 amide bonds. The first-order chi connectivity index (χ1) is 14.3. The van der Waals surface area contributed by atoms with Crippen molar-refractivity contribution in [3.8, 4) is 0 Å². The van der Waals surface area contributed by atoms with Gasteiger partial charge in [0.05, 0.1) is 0 Å². The fourth-order valence-corrected chi connectivity index (χ4v) is 5.09. The third-order valence-electron chi connectivity index (χ3n) is 3.71. The minimum absolute atomic E-state index is 0.209. The topological polar surface area (TPSA) is 239 Å². The maximum atomic E-state index is 14.5. The number of phosphoric acid groups is 2. The molecule has 176 valence electrons. The van der Waals surface area contributed by atoms with E-state index in [1.54, 1.807) is 0 Å². The summed E-state index contributed by atoms with van der Waals surface area (Å²) >= 11 is 0. The number of hydrogen-bond acceptors (Lipinski definition) is 13. The maximum Gasteiger partial charge on any atom is 0.708 e. The molecule has 0 aliphatic carbocycles. The first-order valence-electron chi connectivity index (χ1n) is 7.66. The van der Waals surface area contributed by atoms with Crippen molar-refractivity contribution in [3.63, 3.8) is 0 Å². The number of aliphatic hydroxyl groups excluding tert-OH is 1. The summed E-state index contributed by atoms with van der Waals surface area (Å²) in [5, 5.41) is 18.1. The van der Waals surface area contributed by atoms with Crippen LogP contribution < -0.4 is 11.4 Å². The maximum absolute atomic E-state index is 14.5. The molecule has 1 aliphatic heterocycles. The molecule has 7 atom stereocenters. The molecule has 6 N–H and O–H groups in total. The van der Waals surface area contributed by atoms with Gasteiger partial charge >= 0.3 is 29.6 Å². The Kier molecular flexibility index (Phi) is 8.14. The summed E-state index contributed by atoms with van der Waals surface area (Å²) in [5.74, 6) is -0.209. The summed E-state index contributed by atoms with van der Waals surface area (Å²) in [6.45, 7) is -2.90. The van der Waals surface area contributed by atoms with Gasteiger partial charge in [0.15, 0.2) is 18.0 Å². The van der Waals surface area contributed by atoms with Crippen molar-refractivity contribution in [2.75, 3.05) is 19.0 Å². The van der Waals surface area contributed by atoms with Gasteiger partial charge in [0.2, 0.25) is 0 Å². The Hall–Kier alpha value is -1.26. The summed E-state index contributed by atoms with van der Waals surface area (Å²) in [4.78, 5) is 33.0. The van der Waals surface area contributed by atoms with Gasteiger partial charge < -0.3 is 20.5 Å². The lowest BCUT2D eigenvalue weighted by molar-refractivity contribution is -0.157. The first kappa shape index (κ1) is 26.0. The molecule has 0 saturated carbocycles. The van der Waals surface area contributed by atoms with Gasteiger partial charge in [-0.1, -0.05) is 0 Å². The van der Waals surface area contributed by atoms with Crippen molar-refractivity contribution in [3.05, 3.63) is 22.7 Å². The number of aliphatic hydroxyl groups is 1. The van der Waals surface area contributed by atoms with Crippen LogP contribution in [0.2, 0.25) is 0 Å². The van der Waals surface area contributed by atoms with Crippen LogP contribution in [-0.4, -0.2) is 60.9 Å². The van der Waals surface area contributed by atoms with E-state index in [9.17, 15) is 32.4 Å². The van der Waals surface area contributed by atoms with Crippen molar-refractivity contribution in [1.82, 2.24) is 9.55 Å². The van der Waals surface area contributed by atoms with Crippen LogP contribution in [0.1, 0.15) is 6.23 Å². The van der Waals surface area contributed by atoms with Crippen LogP contribution in [0.4, 0.5) is 14.6 Å². The average molecular weight is 516 g/mol. The summed E-state index contributed by atoms with van der Waals surface area (Å²) < 4.78 is 82.4. The van der Waals surface area contributed by atoms with E-state index < -0.39 is 67.0 Å². The number of hydrogen-bond donors (Lipinski definition) is 5. The van der Waals surface area contributed by atoms with Gasteiger partial charge in [0, 0.05) is 10.8 Å². The van der Waals surface area contributed by atoms with Crippen LogP contribution in [0.25, 0.3) is 0 Å². The van der Waals surface area contributed by atoms with Gasteiger partial charge in [-0.25, -0.2) is 28.0 Å². The highest BCUT2D eigenvalue weighted by Crippen LogP contribution is 2.63. The first-order valence-corrected chi connectivity index (χ1v) is 11.7. The average Bonchev–Trinajstić information content (AvgIpc) is 2.91. The normalized spacial score (nSPS) is 30.5. The van der Waals surface area contributed by atoms with E-state index in [0.717, 1.165) is 12.3 Å². The largest absolute Gasteiger partial charge is 0.708 e. The zero-order valence-electron chi connectivity index (χ0n) is 14.8. The molecular formula is C10H15F2N3O13P3+. The second-order valence-corrected chi connectivity index (χ2v) is 9.87. The Morgan fingerprint density at radius 2 is 2.03 bits per heavy atom. The number of nitrogens with two attached hydrogens (primary N) is 1. The molecule has 21 heteroatoms. The quantitative estimate of drug-likeness (QED) is 0.158. The minimum Gasteiger partial charge on any atom is -0.387 e. The molecular weight excluding hydrogens is 501 g/mol. The Labute approximate surface area is 171 Å². The summed E-state index contributed by atoms with van der Waals surface area (Å²) in [6, 6.07) is 1.09. The second-order valence-electron chi connectivity index (χ2n) is 5.82. The highest BCUT2D eigenvalue weighted by molar-refractivity contribution is 7.64. The number of halogens is 2. The lowest BCUT2D eigenvalue weighted by Gasteiger charge is -2.25. The van der Waals surface area contributed by atoms with E-state index >= 15 is 0 Å². The molecule has 16 nitrogen and oxygen atoms in total. The van der Waals surface area contributed by atoms with Crippen LogP contribution in [0.5, 0.6) is 0 Å². The van der Waals surface area contributed by atoms with E-state index in [-0.39, 0.29) is 5.82 Å². The fourth-order valence-electron chi connectivity index (χ4n) is 2.35. The third-order valence-corrected chi connectivity index (χ3v) is 7.27. The fraction of sp³-hybridized carbons (Fsp3) is 0.600. The van der Waals surface area contributed by atoms with Gasteiger partial charge in [-0.2, -0.15) is 9.29 Å². The smallest absolute Gasteiger partial charge is 0.387 e. The number of ether oxygens (including phenoxy) is 1.